The number of allylic oxidation sites excluding steroid dienone is 1. The van der Waals surface area contributed by atoms with Crippen LogP contribution in [0.15, 0.2) is 12.2 Å². The molecule has 0 amide bonds. The topological polar surface area (TPSA) is 89.9 Å². The van der Waals surface area contributed by atoms with Gasteiger partial charge in [0.05, 0.1) is 0 Å². The van der Waals surface area contributed by atoms with Crippen LogP contribution < -0.4 is 0 Å². The molecule has 0 aliphatic heterocycles. The second kappa shape index (κ2) is 7.58. The molecule has 0 saturated heterocycles. The Morgan fingerprint density at radius 3 is 2.38 bits per heavy atom. The summed E-state index contributed by atoms with van der Waals surface area (Å²) in [6.45, 7) is 2.05. The summed E-state index contributed by atoms with van der Waals surface area (Å²) in [5.74, 6) is -1.16. The van der Waals surface area contributed by atoms with E-state index in [0.717, 1.165) is 6.08 Å². The minimum atomic E-state index is -1.20. The monoisotopic (exact) mass is 230 g/mol. The summed E-state index contributed by atoms with van der Waals surface area (Å²) in [6, 6.07) is 0. The lowest BCUT2D eigenvalue weighted by atomic mass is 10.2. The Hall–Kier alpha value is -1.69. The highest BCUT2D eigenvalue weighted by molar-refractivity contribution is 5.68. The van der Waals surface area contributed by atoms with Gasteiger partial charge in [-0.3, -0.25) is 14.4 Å². The average Bonchev–Trinajstić information content (AvgIpc) is 2.20. The highest BCUT2D eigenvalue weighted by Crippen LogP contribution is 2.03. The van der Waals surface area contributed by atoms with E-state index in [1.807, 2.05) is 0 Å². The lowest BCUT2D eigenvalue weighted by Crippen LogP contribution is -2.33. The summed E-state index contributed by atoms with van der Waals surface area (Å²) in [5, 5.41) is 9.51. The number of ether oxygens (including phenoxy) is 2. The van der Waals surface area contributed by atoms with E-state index in [1.165, 1.54) is 19.9 Å². The summed E-state index contributed by atoms with van der Waals surface area (Å²) >= 11 is 0. The molecule has 0 saturated carbocycles. The number of hydrogen-bond donors (Lipinski definition) is 1. The second-order valence-corrected chi connectivity index (χ2v) is 2.96. The number of rotatable bonds is 6. The van der Waals surface area contributed by atoms with Gasteiger partial charge >= 0.3 is 11.9 Å². The Labute approximate surface area is 92.8 Å². The van der Waals surface area contributed by atoms with Gasteiger partial charge in [0.15, 0.2) is 0 Å². The zero-order valence-electron chi connectivity index (χ0n) is 9.08. The van der Waals surface area contributed by atoms with Gasteiger partial charge in [0, 0.05) is 13.8 Å². The van der Waals surface area contributed by atoms with E-state index >= 15 is 0 Å². The molecule has 0 radical (unpaired) electrons. The molecule has 1 unspecified atom stereocenters. The number of carbonyl (C=O) groups is 3. The lowest BCUT2D eigenvalue weighted by Gasteiger charge is -2.18. The highest BCUT2D eigenvalue weighted by Gasteiger charge is 2.20. The maximum atomic E-state index is 10.7. The standard InChI is InChI=1S/C10H14O6/c1-7(12)15-6-9(14)10(4-3-5-11)16-8(2)13/h3-5,9-10,14H,6H2,1-2H3/b4-3+/t9?,10-/m0/s1. The lowest BCUT2D eigenvalue weighted by molar-refractivity contribution is -0.154. The van der Waals surface area contributed by atoms with Crippen LogP contribution in [0, 0.1) is 0 Å². The number of carbonyl (C=O) groups excluding carboxylic acids is 3. The van der Waals surface area contributed by atoms with Crippen molar-refractivity contribution in [1.29, 1.82) is 0 Å². The van der Waals surface area contributed by atoms with Gasteiger partial charge in [-0.1, -0.05) is 0 Å². The summed E-state index contributed by atoms with van der Waals surface area (Å²) in [5.41, 5.74) is 0. The molecule has 0 aromatic rings. The Morgan fingerprint density at radius 1 is 1.31 bits per heavy atom. The summed E-state index contributed by atoms with van der Waals surface area (Å²) in [4.78, 5) is 31.3. The van der Waals surface area contributed by atoms with Crippen molar-refractivity contribution in [3.8, 4) is 0 Å². The first-order chi connectivity index (χ1) is 7.47. The fourth-order valence-corrected chi connectivity index (χ4v) is 0.890. The normalized spacial score (nSPS) is 14.2. The third-order valence-electron chi connectivity index (χ3n) is 1.52. The van der Waals surface area contributed by atoms with E-state index in [0.29, 0.717) is 6.29 Å². The molecule has 0 bridgehead atoms. The van der Waals surface area contributed by atoms with Crippen LogP contribution in [-0.2, 0) is 23.9 Å². The molecule has 0 fully saturated rings. The van der Waals surface area contributed by atoms with Crippen molar-refractivity contribution >= 4 is 18.2 Å². The van der Waals surface area contributed by atoms with Crippen LogP contribution in [-0.4, -0.2) is 42.1 Å². The van der Waals surface area contributed by atoms with Crippen LogP contribution in [0.3, 0.4) is 0 Å². The quantitative estimate of drug-likeness (QED) is 0.379. The van der Waals surface area contributed by atoms with Crippen LogP contribution in [0.4, 0.5) is 0 Å². The van der Waals surface area contributed by atoms with Crippen molar-refractivity contribution in [2.45, 2.75) is 26.1 Å². The molecular weight excluding hydrogens is 216 g/mol. The number of esters is 2. The van der Waals surface area contributed by atoms with Crippen LogP contribution in [0.5, 0.6) is 0 Å². The number of hydrogen-bond acceptors (Lipinski definition) is 6. The molecule has 0 aromatic heterocycles. The van der Waals surface area contributed by atoms with Crippen LogP contribution in [0.25, 0.3) is 0 Å². The maximum absolute atomic E-state index is 10.7. The Kier molecular flexibility index (Phi) is 6.78. The summed E-state index contributed by atoms with van der Waals surface area (Å²) in [6.07, 6.45) is 0.563. The minimum absolute atomic E-state index is 0.309. The molecule has 6 heteroatoms. The molecule has 90 valence electrons. The molecule has 2 atom stereocenters. The van der Waals surface area contributed by atoms with E-state index in [9.17, 15) is 19.5 Å². The van der Waals surface area contributed by atoms with Gasteiger partial charge in [0.1, 0.15) is 25.1 Å². The van der Waals surface area contributed by atoms with Gasteiger partial charge in [-0.15, -0.1) is 0 Å². The third-order valence-corrected chi connectivity index (χ3v) is 1.52. The van der Waals surface area contributed by atoms with Crippen molar-refractivity contribution in [2.75, 3.05) is 6.61 Å². The van der Waals surface area contributed by atoms with Gasteiger partial charge < -0.3 is 14.6 Å². The Morgan fingerprint density at radius 2 is 1.94 bits per heavy atom. The third kappa shape index (κ3) is 6.72. The molecule has 0 aromatic carbocycles. The first kappa shape index (κ1) is 14.3. The predicted molar refractivity (Wildman–Crippen MR) is 53.4 cm³/mol. The highest BCUT2D eigenvalue weighted by atomic mass is 16.6. The van der Waals surface area contributed by atoms with E-state index in [2.05, 4.69) is 4.74 Å². The fraction of sp³-hybridized carbons (Fsp3) is 0.500. The van der Waals surface area contributed by atoms with Gasteiger partial charge in [0.25, 0.3) is 0 Å². The van der Waals surface area contributed by atoms with E-state index in [-0.39, 0.29) is 6.61 Å². The van der Waals surface area contributed by atoms with E-state index in [1.54, 1.807) is 0 Å². The zero-order valence-corrected chi connectivity index (χ0v) is 9.08. The van der Waals surface area contributed by atoms with Gasteiger partial charge in [-0.2, -0.15) is 0 Å². The zero-order chi connectivity index (χ0) is 12.6. The van der Waals surface area contributed by atoms with Crippen LogP contribution in [0.2, 0.25) is 0 Å². The molecule has 0 aliphatic carbocycles. The summed E-state index contributed by atoms with van der Waals surface area (Å²) < 4.78 is 9.26. The molecule has 0 aliphatic rings. The van der Waals surface area contributed by atoms with Crippen LogP contribution in [0.1, 0.15) is 13.8 Å². The molecule has 6 nitrogen and oxygen atoms in total. The van der Waals surface area contributed by atoms with Gasteiger partial charge in [-0.05, 0) is 12.2 Å². The SMILES string of the molecule is CC(=O)OCC(O)[C@H](/C=C/C=O)OC(C)=O. The molecule has 0 heterocycles. The van der Waals surface area contributed by atoms with Crippen molar-refractivity contribution in [1.82, 2.24) is 0 Å². The van der Waals surface area contributed by atoms with Crippen molar-refractivity contribution in [2.24, 2.45) is 0 Å². The van der Waals surface area contributed by atoms with Crippen molar-refractivity contribution in [3.05, 3.63) is 12.2 Å². The number of aliphatic hydroxyl groups excluding tert-OH is 1. The van der Waals surface area contributed by atoms with Gasteiger partial charge in [-0.25, -0.2) is 0 Å². The van der Waals surface area contributed by atoms with E-state index < -0.39 is 24.1 Å². The smallest absolute Gasteiger partial charge is 0.303 e. The second-order valence-electron chi connectivity index (χ2n) is 2.96. The summed E-state index contributed by atoms with van der Waals surface area (Å²) in [7, 11) is 0. The minimum Gasteiger partial charge on any atom is -0.463 e. The first-order valence-corrected chi connectivity index (χ1v) is 4.58. The molecular formula is C10H14O6. The number of aliphatic hydroxyl groups is 1. The molecule has 0 rings (SSSR count). The van der Waals surface area contributed by atoms with Crippen molar-refractivity contribution in [3.63, 3.8) is 0 Å². The predicted octanol–water partition coefficient (Wildman–Crippen LogP) is -0.403. The first-order valence-electron chi connectivity index (χ1n) is 4.58. The van der Waals surface area contributed by atoms with Crippen molar-refractivity contribution < 1.29 is 29.0 Å². The maximum Gasteiger partial charge on any atom is 0.303 e. The molecule has 16 heavy (non-hydrogen) atoms. The van der Waals surface area contributed by atoms with E-state index in [4.69, 9.17) is 4.74 Å². The van der Waals surface area contributed by atoms with Gasteiger partial charge in [0.2, 0.25) is 0 Å². The number of aldehydes is 1. The fourth-order valence-electron chi connectivity index (χ4n) is 0.890. The Balaban J connectivity index is 4.35. The average molecular weight is 230 g/mol. The largest absolute Gasteiger partial charge is 0.463 e. The molecule has 0 spiro atoms. The van der Waals surface area contributed by atoms with Crippen LogP contribution >= 0.6 is 0 Å². The Bertz CT molecular complexity index is 283. The molecule has 1 N–H and O–H groups in total.